The largest absolute Gasteiger partial charge is 0.398 e. The third-order valence-electron chi connectivity index (χ3n) is 1.46. The number of rotatable bonds is 1. The zero-order valence-corrected chi connectivity index (χ0v) is 8.53. The summed E-state index contributed by atoms with van der Waals surface area (Å²) in [6, 6.07) is 0. The van der Waals surface area contributed by atoms with Gasteiger partial charge in [0.25, 0.3) is 0 Å². The maximum Gasteiger partial charge on any atom is 0.0985 e. The highest BCUT2D eigenvalue weighted by Gasteiger charge is 2.17. The number of thiazole rings is 1. The van der Waals surface area contributed by atoms with E-state index in [0.29, 0.717) is 5.70 Å². The summed E-state index contributed by atoms with van der Waals surface area (Å²) in [6.45, 7) is 10.1. The molecule has 0 aliphatic heterocycles. The van der Waals surface area contributed by atoms with Crippen LogP contribution in [0.2, 0.25) is 0 Å². The van der Waals surface area contributed by atoms with E-state index in [9.17, 15) is 0 Å². The van der Waals surface area contributed by atoms with Gasteiger partial charge in [-0.25, -0.2) is 4.98 Å². The second-order valence-corrected chi connectivity index (χ2v) is 4.84. The Morgan fingerprint density at radius 1 is 1.58 bits per heavy atom. The van der Waals surface area contributed by atoms with Crippen LogP contribution in [0.15, 0.2) is 12.8 Å². The molecular formula is C9H14N2S. The van der Waals surface area contributed by atoms with Gasteiger partial charge in [0.2, 0.25) is 0 Å². The fraction of sp³-hybridized carbons (Fsp3) is 0.444. The van der Waals surface area contributed by atoms with Gasteiger partial charge in [-0.15, -0.1) is 11.3 Å². The van der Waals surface area contributed by atoms with Gasteiger partial charge in [-0.2, -0.15) is 0 Å². The molecule has 66 valence electrons. The Bertz CT molecular complexity index is 294. The van der Waals surface area contributed by atoms with Crippen LogP contribution in [0.25, 0.3) is 5.70 Å². The van der Waals surface area contributed by atoms with Crippen LogP contribution in [-0.2, 0) is 5.41 Å². The summed E-state index contributed by atoms with van der Waals surface area (Å²) in [5.74, 6) is 0. The maximum absolute atomic E-state index is 5.55. The Kier molecular flexibility index (Phi) is 2.24. The molecule has 1 rings (SSSR count). The summed E-state index contributed by atoms with van der Waals surface area (Å²) >= 11 is 1.61. The van der Waals surface area contributed by atoms with Crippen molar-refractivity contribution in [1.29, 1.82) is 0 Å². The van der Waals surface area contributed by atoms with Crippen molar-refractivity contribution in [3.8, 4) is 0 Å². The molecule has 0 saturated carbocycles. The second-order valence-electron chi connectivity index (χ2n) is 3.80. The molecule has 0 aliphatic rings. The zero-order chi connectivity index (χ0) is 9.35. The van der Waals surface area contributed by atoms with Crippen molar-refractivity contribution in [2.45, 2.75) is 26.2 Å². The number of aromatic nitrogens is 1. The summed E-state index contributed by atoms with van der Waals surface area (Å²) < 4.78 is 0. The fourth-order valence-corrected chi connectivity index (χ4v) is 1.63. The second kappa shape index (κ2) is 2.90. The van der Waals surface area contributed by atoms with Gasteiger partial charge >= 0.3 is 0 Å². The minimum absolute atomic E-state index is 0.109. The lowest BCUT2D eigenvalue weighted by molar-refractivity contribution is 0.585. The predicted octanol–water partition coefficient (Wildman–Crippen LogP) is 2.37. The monoisotopic (exact) mass is 182 g/mol. The predicted molar refractivity (Wildman–Crippen MR) is 54.0 cm³/mol. The molecule has 0 bridgehead atoms. The quantitative estimate of drug-likeness (QED) is 0.724. The molecule has 2 N–H and O–H groups in total. The van der Waals surface area contributed by atoms with Crippen LogP contribution in [-0.4, -0.2) is 4.98 Å². The van der Waals surface area contributed by atoms with Gasteiger partial charge < -0.3 is 5.73 Å². The van der Waals surface area contributed by atoms with Crippen molar-refractivity contribution in [3.05, 3.63) is 22.7 Å². The van der Waals surface area contributed by atoms with Crippen molar-refractivity contribution < 1.29 is 0 Å². The first-order valence-corrected chi connectivity index (χ1v) is 4.64. The fourth-order valence-electron chi connectivity index (χ4n) is 0.769. The smallest absolute Gasteiger partial charge is 0.0985 e. The van der Waals surface area contributed by atoms with E-state index < -0.39 is 0 Å². The van der Waals surface area contributed by atoms with Crippen molar-refractivity contribution in [2.75, 3.05) is 0 Å². The first kappa shape index (κ1) is 9.26. The van der Waals surface area contributed by atoms with Gasteiger partial charge in [0, 0.05) is 17.3 Å². The molecule has 0 fully saturated rings. The van der Waals surface area contributed by atoms with E-state index >= 15 is 0 Å². The number of hydrogen-bond donors (Lipinski definition) is 1. The van der Waals surface area contributed by atoms with E-state index in [0.717, 1.165) is 9.88 Å². The van der Waals surface area contributed by atoms with Gasteiger partial charge in [-0.1, -0.05) is 27.4 Å². The average molecular weight is 182 g/mol. The molecule has 1 aromatic rings. The molecule has 2 nitrogen and oxygen atoms in total. The lowest BCUT2D eigenvalue weighted by Gasteiger charge is -2.13. The molecule has 0 atom stereocenters. The molecule has 0 spiro atoms. The van der Waals surface area contributed by atoms with E-state index in [1.54, 1.807) is 17.5 Å². The summed E-state index contributed by atoms with van der Waals surface area (Å²) in [5.41, 5.74) is 6.26. The molecule has 0 radical (unpaired) electrons. The van der Waals surface area contributed by atoms with Crippen molar-refractivity contribution >= 4 is 17.0 Å². The first-order valence-electron chi connectivity index (χ1n) is 3.82. The van der Waals surface area contributed by atoms with Crippen LogP contribution < -0.4 is 5.73 Å². The van der Waals surface area contributed by atoms with E-state index in [4.69, 9.17) is 5.73 Å². The third kappa shape index (κ3) is 1.85. The molecular weight excluding hydrogens is 168 g/mol. The van der Waals surface area contributed by atoms with Crippen molar-refractivity contribution in [3.63, 3.8) is 0 Å². The van der Waals surface area contributed by atoms with Gasteiger partial charge in [0.05, 0.1) is 9.88 Å². The summed E-state index contributed by atoms with van der Waals surface area (Å²) in [5, 5.41) is 1.10. The Balaban J connectivity index is 3.00. The van der Waals surface area contributed by atoms with Crippen molar-refractivity contribution in [2.24, 2.45) is 5.73 Å². The van der Waals surface area contributed by atoms with Crippen molar-refractivity contribution in [1.82, 2.24) is 4.98 Å². The minimum atomic E-state index is 0.109. The van der Waals surface area contributed by atoms with E-state index in [1.165, 1.54) is 0 Å². The Morgan fingerprint density at radius 3 is 2.42 bits per heavy atom. The Hall–Kier alpha value is -0.830. The highest BCUT2D eigenvalue weighted by atomic mass is 32.1. The highest BCUT2D eigenvalue weighted by Crippen LogP contribution is 2.28. The van der Waals surface area contributed by atoms with Gasteiger partial charge in [-0.05, 0) is 0 Å². The molecule has 0 aliphatic carbocycles. The first-order chi connectivity index (χ1) is 5.41. The summed E-state index contributed by atoms with van der Waals surface area (Å²) in [4.78, 5) is 5.26. The van der Waals surface area contributed by atoms with Gasteiger partial charge in [-0.3, -0.25) is 0 Å². The average Bonchev–Trinajstić information content (AvgIpc) is 2.30. The Labute approximate surface area is 77.1 Å². The van der Waals surface area contributed by atoms with E-state index in [1.807, 2.05) is 0 Å². The van der Waals surface area contributed by atoms with E-state index in [2.05, 4.69) is 32.3 Å². The SMILES string of the molecule is C=C(N)c1cnc(C(C)(C)C)s1. The molecule has 0 unspecified atom stereocenters. The van der Waals surface area contributed by atoms with Crippen LogP contribution >= 0.6 is 11.3 Å². The third-order valence-corrected chi connectivity index (χ3v) is 2.96. The molecule has 0 amide bonds. The van der Waals surface area contributed by atoms with Crippen LogP contribution in [0.1, 0.15) is 30.7 Å². The number of hydrogen-bond acceptors (Lipinski definition) is 3. The van der Waals surface area contributed by atoms with Crippen LogP contribution in [0, 0.1) is 0 Å². The summed E-state index contributed by atoms with van der Waals surface area (Å²) in [7, 11) is 0. The van der Waals surface area contributed by atoms with Crippen LogP contribution in [0.5, 0.6) is 0 Å². The molecule has 3 heteroatoms. The molecule has 12 heavy (non-hydrogen) atoms. The molecule has 1 heterocycles. The van der Waals surface area contributed by atoms with Crippen LogP contribution in [0.3, 0.4) is 0 Å². The lowest BCUT2D eigenvalue weighted by Crippen LogP contribution is -2.09. The topological polar surface area (TPSA) is 38.9 Å². The molecule has 0 aromatic carbocycles. The standard InChI is InChI=1S/C9H14N2S/c1-6(10)7-5-11-8(12-7)9(2,3)4/h5H,1,10H2,2-4H3. The summed E-state index contributed by atoms with van der Waals surface area (Å²) in [6.07, 6.45) is 1.79. The molecule has 1 aromatic heterocycles. The normalized spacial score (nSPS) is 11.6. The number of nitrogens with zero attached hydrogens (tertiary/aromatic N) is 1. The number of nitrogens with two attached hydrogens (primary N) is 1. The Morgan fingerprint density at radius 2 is 2.17 bits per heavy atom. The highest BCUT2D eigenvalue weighted by molar-refractivity contribution is 7.12. The maximum atomic E-state index is 5.55. The minimum Gasteiger partial charge on any atom is -0.398 e. The van der Waals surface area contributed by atoms with Gasteiger partial charge in [0.15, 0.2) is 0 Å². The molecule has 0 saturated heterocycles. The van der Waals surface area contributed by atoms with E-state index in [-0.39, 0.29) is 5.41 Å². The van der Waals surface area contributed by atoms with Gasteiger partial charge in [0.1, 0.15) is 0 Å². The van der Waals surface area contributed by atoms with Crippen LogP contribution in [0.4, 0.5) is 0 Å². The zero-order valence-electron chi connectivity index (χ0n) is 7.72. The lowest BCUT2D eigenvalue weighted by atomic mass is 9.98.